The molecule has 21 heavy (non-hydrogen) atoms. The van der Waals surface area contributed by atoms with E-state index in [2.05, 4.69) is 15.3 Å². The number of nitro groups is 1. The normalized spacial score (nSPS) is 10.7. The Hall–Kier alpha value is -2.48. The van der Waals surface area contributed by atoms with Crippen LogP contribution in [0.15, 0.2) is 6.07 Å². The van der Waals surface area contributed by atoms with Gasteiger partial charge in [-0.25, -0.2) is 9.97 Å². The van der Waals surface area contributed by atoms with Gasteiger partial charge in [0, 0.05) is 23.7 Å². The fourth-order valence-electron chi connectivity index (χ4n) is 2.16. The lowest BCUT2D eigenvalue weighted by Crippen LogP contribution is -2.10. The molecule has 0 bridgehead atoms. The van der Waals surface area contributed by atoms with E-state index >= 15 is 0 Å². The molecule has 1 N–H and O–H groups in total. The molecule has 8 heteroatoms. The molecule has 2 rings (SSSR count). The van der Waals surface area contributed by atoms with Crippen LogP contribution in [0.4, 0.5) is 5.69 Å². The number of fused-ring (bicyclic) bond motifs is 1. The number of methoxy groups -OCH3 is 2. The molecule has 1 aromatic heterocycles. The van der Waals surface area contributed by atoms with Gasteiger partial charge in [-0.2, -0.15) is 0 Å². The van der Waals surface area contributed by atoms with Crippen LogP contribution in [0, 0.1) is 17.0 Å². The smallest absolute Gasteiger partial charge is 0.278 e. The zero-order valence-corrected chi connectivity index (χ0v) is 12.3. The van der Waals surface area contributed by atoms with Crippen molar-refractivity contribution < 1.29 is 14.4 Å². The summed E-state index contributed by atoms with van der Waals surface area (Å²) in [5, 5.41) is 14.2. The zero-order valence-electron chi connectivity index (χ0n) is 12.3. The molecule has 0 saturated carbocycles. The first-order valence-corrected chi connectivity index (χ1v) is 6.24. The van der Waals surface area contributed by atoms with Gasteiger partial charge in [0.25, 0.3) is 17.4 Å². The van der Waals surface area contributed by atoms with Crippen molar-refractivity contribution in [2.24, 2.45) is 0 Å². The summed E-state index contributed by atoms with van der Waals surface area (Å²) in [7, 11) is 4.67. The highest BCUT2D eigenvalue weighted by atomic mass is 16.6. The minimum absolute atomic E-state index is 0.00858. The van der Waals surface area contributed by atoms with Crippen molar-refractivity contribution >= 4 is 16.7 Å². The van der Waals surface area contributed by atoms with E-state index < -0.39 is 4.92 Å². The van der Waals surface area contributed by atoms with Crippen molar-refractivity contribution in [3.05, 3.63) is 27.3 Å². The summed E-state index contributed by atoms with van der Waals surface area (Å²) in [5.41, 5.74) is 2.24. The Kier molecular flexibility index (Phi) is 4.18. The highest BCUT2D eigenvalue weighted by Gasteiger charge is 2.21. The zero-order chi connectivity index (χ0) is 15.6. The maximum Gasteiger partial charge on any atom is 0.278 e. The molecular formula is C13H16N4O4. The average Bonchev–Trinajstić information content (AvgIpc) is 2.48. The van der Waals surface area contributed by atoms with Gasteiger partial charge in [-0.1, -0.05) is 0 Å². The number of nitro benzene ring substituents is 1. The van der Waals surface area contributed by atoms with Gasteiger partial charge in [0.2, 0.25) is 0 Å². The molecule has 0 aliphatic carbocycles. The number of aromatic nitrogens is 2. The van der Waals surface area contributed by atoms with Crippen molar-refractivity contribution in [1.29, 1.82) is 0 Å². The molecule has 0 saturated heterocycles. The van der Waals surface area contributed by atoms with Crippen molar-refractivity contribution in [3.8, 4) is 11.8 Å². The maximum atomic E-state index is 11.2. The van der Waals surface area contributed by atoms with Crippen LogP contribution in [0.3, 0.4) is 0 Å². The van der Waals surface area contributed by atoms with E-state index in [9.17, 15) is 10.1 Å². The first-order valence-electron chi connectivity index (χ1n) is 6.24. The Bertz CT molecular complexity index is 702. The number of hydrogen-bond donors (Lipinski definition) is 1. The molecule has 0 aliphatic heterocycles. The average molecular weight is 292 g/mol. The third kappa shape index (κ3) is 2.57. The summed E-state index contributed by atoms with van der Waals surface area (Å²) in [6.45, 7) is 2.14. The highest BCUT2D eigenvalue weighted by Crippen LogP contribution is 2.32. The largest absolute Gasteiger partial charge is 0.477 e. The van der Waals surface area contributed by atoms with Gasteiger partial charge in [-0.05, 0) is 14.0 Å². The number of ether oxygens (including phenoxy) is 2. The number of nitrogens with one attached hydrogen (secondary N) is 1. The predicted molar refractivity (Wildman–Crippen MR) is 76.8 cm³/mol. The van der Waals surface area contributed by atoms with Crippen LogP contribution in [-0.2, 0) is 6.54 Å². The Labute approximate surface area is 121 Å². The van der Waals surface area contributed by atoms with Gasteiger partial charge in [-0.15, -0.1) is 0 Å². The number of rotatable bonds is 5. The van der Waals surface area contributed by atoms with E-state index in [-0.39, 0.29) is 17.4 Å². The maximum absolute atomic E-state index is 11.2. The molecule has 0 aliphatic rings. The van der Waals surface area contributed by atoms with Gasteiger partial charge in [0.05, 0.1) is 24.7 Å². The predicted octanol–water partition coefficient (Wildman–Crippen LogP) is 1.58. The summed E-state index contributed by atoms with van der Waals surface area (Å²) in [5.74, 6) is 0.439. The third-order valence-corrected chi connectivity index (χ3v) is 3.19. The van der Waals surface area contributed by atoms with E-state index in [1.54, 1.807) is 14.0 Å². The molecule has 0 radical (unpaired) electrons. The molecule has 0 spiro atoms. The molecule has 1 heterocycles. The van der Waals surface area contributed by atoms with Crippen LogP contribution in [0.25, 0.3) is 11.0 Å². The van der Waals surface area contributed by atoms with Crippen LogP contribution >= 0.6 is 0 Å². The summed E-state index contributed by atoms with van der Waals surface area (Å²) >= 11 is 0. The SMILES string of the molecule is CNCc1c(C)c([N+](=O)[O-])cc2nc(OC)c(OC)nc12. The second kappa shape index (κ2) is 5.88. The lowest BCUT2D eigenvalue weighted by molar-refractivity contribution is -0.385. The van der Waals surface area contributed by atoms with Crippen molar-refractivity contribution in [3.63, 3.8) is 0 Å². The fraction of sp³-hybridized carbons (Fsp3) is 0.385. The Balaban J connectivity index is 2.85. The lowest BCUT2D eigenvalue weighted by Gasteiger charge is -2.12. The van der Waals surface area contributed by atoms with Crippen molar-refractivity contribution in [2.45, 2.75) is 13.5 Å². The van der Waals surface area contributed by atoms with Gasteiger partial charge in [0.1, 0.15) is 5.52 Å². The van der Waals surface area contributed by atoms with E-state index in [0.29, 0.717) is 23.1 Å². The minimum Gasteiger partial charge on any atom is -0.477 e. The number of nitrogens with zero attached hydrogens (tertiary/aromatic N) is 3. The molecule has 0 unspecified atom stereocenters. The minimum atomic E-state index is -0.424. The molecular weight excluding hydrogens is 276 g/mol. The topological polar surface area (TPSA) is 99.4 Å². The fourth-order valence-corrected chi connectivity index (χ4v) is 2.16. The van der Waals surface area contributed by atoms with Gasteiger partial charge < -0.3 is 14.8 Å². The summed E-state index contributed by atoms with van der Waals surface area (Å²) in [6, 6.07) is 1.40. The van der Waals surface area contributed by atoms with E-state index in [0.717, 1.165) is 5.56 Å². The molecule has 8 nitrogen and oxygen atoms in total. The van der Waals surface area contributed by atoms with Crippen LogP contribution in [0.2, 0.25) is 0 Å². The molecule has 0 fully saturated rings. The van der Waals surface area contributed by atoms with Crippen LogP contribution < -0.4 is 14.8 Å². The Morgan fingerprint density at radius 3 is 2.43 bits per heavy atom. The monoisotopic (exact) mass is 292 g/mol. The van der Waals surface area contributed by atoms with E-state index in [1.807, 2.05) is 0 Å². The molecule has 112 valence electrons. The first-order chi connectivity index (χ1) is 10.0. The van der Waals surface area contributed by atoms with Crippen LogP contribution in [0.1, 0.15) is 11.1 Å². The third-order valence-electron chi connectivity index (χ3n) is 3.19. The van der Waals surface area contributed by atoms with Gasteiger partial charge >= 0.3 is 0 Å². The van der Waals surface area contributed by atoms with E-state index in [1.165, 1.54) is 20.3 Å². The quantitative estimate of drug-likeness (QED) is 0.659. The molecule has 0 amide bonds. The highest BCUT2D eigenvalue weighted by molar-refractivity contribution is 5.84. The lowest BCUT2D eigenvalue weighted by atomic mass is 10.0. The number of hydrogen-bond acceptors (Lipinski definition) is 7. The Morgan fingerprint density at radius 2 is 1.90 bits per heavy atom. The van der Waals surface area contributed by atoms with Gasteiger partial charge in [-0.3, -0.25) is 10.1 Å². The van der Waals surface area contributed by atoms with Gasteiger partial charge in [0.15, 0.2) is 0 Å². The molecule has 0 atom stereocenters. The van der Waals surface area contributed by atoms with Crippen molar-refractivity contribution in [2.75, 3.05) is 21.3 Å². The number of benzene rings is 1. The van der Waals surface area contributed by atoms with Crippen LogP contribution in [0.5, 0.6) is 11.8 Å². The summed E-state index contributed by atoms with van der Waals surface area (Å²) in [6.07, 6.45) is 0. The molecule has 1 aromatic carbocycles. The van der Waals surface area contributed by atoms with E-state index in [4.69, 9.17) is 9.47 Å². The second-order valence-corrected chi connectivity index (χ2v) is 4.40. The second-order valence-electron chi connectivity index (χ2n) is 4.40. The standard InChI is InChI=1S/C13H16N4O4/c1-7-8(6-14-2)11-9(5-10(7)17(18)19)15-12(20-3)13(16-11)21-4/h5,14H,6H2,1-4H3. The summed E-state index contributed by atoms with van der Waals surface area (Å²) in [4.78, 5) is 19.4. The Morgan fingerprint density at radius 1 is 1.29 bits per heavy atom. The molecule has 2 aromatic rings. The summed E-state index contributed by atoms with van der Waals surface area (Å²) < 4.78 is 10.2. The van der Waals surface area contributed by atoms with Crippen LogP contribution in [-0.4, -0.2) is 36.2 Å². The first kappa shape index (κ1) is 14.9. The van der Waals surface area contributed by atoms with Crippen molar-refractivity contribution in [1.82, 2.24) is 15.3 Å².